The molecule has 2 heterocycles. The first kappa shape index (κ1) is 14.1. The van der Waals surface area contributed by atoms with Gasteiger partial charge >= 0.3 is 0 Å². The quantitative estimate of drug-likeness (QED) is 0.814. The lowest BCUT2D eigenvalue weighted by Crippen LogP contribution is -2.19. The molecule has 0 spiro atoms. The van der Waals surface area contributed by atoms with Crippen LogP contribution in [0.3, 0.4) is 0 Å². The van der Waals surface area contributed by atoms with Crippen molar-refractivity contribution >= 4 is 33.2 Å². The Morgan fingerprint density at radius 3 is 3.00 bits per heavy atom. The second kappa shape index (κ2) is 5.85. The Morgan fingerprint density at radius 1 is 1.33 bits per heavy atom. The van der Waals surface area contributed by atoms with Crippen LogP contribution in [0.5, 0.6) is 0 Å². The van der Waals surface area contributed by atoms with Crippen LogP contribution in [0.4, 0.5) is 11.4 Å². The molecule has 1 amide bonds. The highest BCUT2D eigenvalue weighted by Crippen LogP contribution is 2.26. The van der Waals surface area contributed by atoms with Crippen molar-refractivity contribution in [3.63, 3.8) is 0 Å². The predicted molar refractivity (Wildman–Crippen MR) is 87.9 cm³/mol. The number of carbonyl (C=O) groups is 1. The monoisotopic (exact) mass is 345 g/mol. The molecule has 3 rings (SSSR count). The fourth-order valence-corrected chi connectivity index (χ4v) is 2.97. The molecule has 108 valence electrons. The zero-order valence-electron chi connectivity index (χ0n) is 11.7. The first-order valence-electron chi connectivity index (χ1n) is 6.95. The highest BCUT2D eigenvalue weighted by atomic mass is 79.9. The number of anilines is 2. The van der Waals surface area contributed by atoms with Crippen LogP contribution in [-0.4, -0.2) is 17.4 Å². The molecule has 5 heteroatoms. The van der Waals surface area contributed by atoms with Crippen molar-refractivity contribution in [2.75, 3.05) is 17.2 Å². The van der Waals surface area contributed by atoms with E-state index < -0.39 is 0 Å². The molecule has 1 aliphatic heterocycles. The van der Waals surface area contributed by atoms with Gasteiger partial charge in [0.25, 0.3) is 5.91 Å². The minimum Gasteiger partial charge on any atom is -0.385 e. The lowest BCUT2D eigenvalue weighted by atomic mass is 9.97. The molecule has 0 radical (unpaired) electrons. The number of nitrogens with zero attached hydrogens (tertiary/aromatic N) is 1. The van der Waals surface area contributed by atoms with Gasteiger partial charge in [-0.2, -0.15) is 0 Å². The summed E-state index contributed by atoms with van der Waals surface area (Å²) in [6.45, 7) is 2.84. The second-order valence-corrected chi connectivity index (χ2v) is 5.90. The largest absolute Gasteiger partial charge is 0.385 e. The van der Waals surface area contributed by atoms with Crippen molar-refractivity contribution in [2.45, 2.75) is 19.8 Å². The Bertz CT molecular complexity index is 700. The van der Waals surface area contributed by atoms with Crippen molar-refractivity contribution in [1.29, 1.82) is 0 Å². The van der Waals surface area contributed by atoms with Gasteiger partial charge in [-0.1, -0.05) is 6.07 Å². The van der Waals surface area contributed by atoms with Crippen LogP contribution in [0.2, 0.25) is 0 Å². The molecule has 2 N–H and O–H groups in total. The molecule has 21 heavy (non-hydrogen) atoms. The molecular formula is C16H16BrN3O. The third-order valence-electron chi connectivity index (χ3n) is 3.64. The molecule has 0 saturated heterocycles. The normalized spacial score (nSPS) is 13.2. The molecule has 4 nitrogen and oxygen atoms in total. The van der Waals surface area contributed by atoms with Crippen LogP contribution >= 0.6 is 15.9 Å². The van der Waals surface area contributed by atoms with Gasteiger partial charge in [-0.25, -0.2) is 4.98 Å². The summed E-state index contributed by atoms with van der Waals surface area (Å²) in [6, 6.07) is 9.50. The summed E-state index contributed by atoms with van der Waals surface area (Å²) in [5.41, 5.74) is 4.44. The van der Waals surface area contributed by atoms with Crippen molar-refractivity contribution in [3.05, 3.63) is 51.8 Å². The number of aromatic nitrogens is 1. The molecule has 0 aliphatic carbocycles. The minimum absolute atomic E-state index is 0.0808. The molecule has 0 bridgehead atoms. The van der Waals surface area contributed by atoms with E-state index in [1.54, 1.807) is 0 Å². The number of aryl methyl sites for hydroxylation is 1. The third kappa shape index (κ3) is 2.93. The van der Waals surface area contributed by atoms with Crippen LogP contribution in [0.1, 0.15) is 28.0 Å². The second-order valence-electron chi connectivity index (χ2n) is 5.08. The van der Waals surface area contributed by atoms with Gasteiger partial charge in [0.2, 0.25) is 0 Å². The number of nitrogens with one attached hydrogen (secondary N) is 2. The van der Waals surface area contributed by atoms with E-state index in [9.17, 15) is 4.79 Å². The highest BCUT2D eigenvalue weighted by Gasteiger charge is 2.17. The van der Waals surface area contributed by atoms with Crippen LogP contribution in [0, 0.1) is 6.92 Å². The molecule has 1 aromatic carbocycles. The number of halogens is 1. The van der Waals surface area contributed by atoms with Crippen LogP contribution in [0.15, 0.2) is 34.9 Å². The molecule has 0 unspecified atom stereocenters. The summed E-state index contributed by atoms with van der Waals surface area (Å²) in [7, 11) is 0. The van der Waals surface area contributed by atoms with E-state index in [-0.39, 0.29) is 5.91 Å². The van der Waals surface area contributed by atoms with Gasteiger partial charge in [-0.3, -0.25) is 4.79 Å². The SMILES string of the molecule is Cc1nc(Br)ccc1NC(=O)c1cccc2c1CCCN2. The Balaban J connectivity index is 1.89. The highest BCUT2D eigenvalue weighted by molar-refractivity contribution is 9.10. The van der Waals surface area contributed by atoms with Crippen LogP contribution < -0.4 is 10.6 Å². The zero-order chi connectivity index (χ0) is 14.8. The first-order chi connectivity index (χ1) is 10.1. The average Bonchev–Trinajstić information content (AvgIpc) is 2.49. The van der Waals surface area contributed by atoms with Gasteiger partial charge in [0.15, 0.2) is 0 Å². The van der Waals surface area contributed by atoms with Gasteiger partial charge in [0.1, 0.15) is 4.60 Å². The number of amides is 1. The molecule has 0 fully saturated rings. The number of fused-ring (bicyclic) bond motifs is 1. The maximum Gasteiger partial charge on any atom is 0.256 e. The zero-order valence-corrected chi connectivity index (χ0v) is 13.3. The number of benzene rings is 1. The fourth-order valence-electron chi connectivity index (χ4n) is 2.57. The lowest BCUT2D eigenvalue weighted by molar-refractivity contribution is 0.102. The first-order valence-corrected chi connectivity index (χ1v) is 7.75. The smallest absolute Gasteiger partial charge is 0.256 e. The van der Waals surface area contributed by atoms with Crippen molar-refractivity contribution in [3.8, 4) is 0 Å². The van der Waals surface area contributed by atoms with Crippen LogP contribution in [-0.2, 0) is 6.42 Å². The third-order valence-corrected chi connectivity index (χ3v) is 4.08. The van der Waals surface area contributed by atoms with Crippen LogP contribution in [0.25, 0.3) is 0 Å². The Labute approximate surface area is 132 Å². The van der Waals surface area contributed by atoms with E-state index >= 15 is 0 Å². The fraction of sp³-hybridized carbons (Fsp3) is 0.250. The van der Waals surface area contributed by atoms with E-state index in [4.69, 9.17) is 0 Å². The molecule has 2 aromatic rings. The average molecular weight is 346 g/mol. The predicted octanol–water partition coefficient (Wildman–Crippen LogP) is 3.76. The summed E-state index contributed by atoms with van der Waals surface area (Å²) in [5, 5.41) is 6.30. The summed E-state index contributed by atoms with van der Waals surface area (Å²) >= 11 is 3.32. The molecule has 1 aliphatic rings. The Morgan fingerprint density at radius 2 is 2.19 bits per heavy atom. The Hall–Kier alpha value is -1.88. The molecule has 1 aromatic heterocycles. The number of hydrogen-bond acceptors (Lipinski definition) is 3. The van der Waals surface area contributed by atoms with E-state index in [2.05, 4.69) is 31.5 Å². The van der Waals surface area contributed by atoms with Crippen molar-refractivity contribution in [1.82, 2.24) is 4.98 Å². The van der Waals surface area contributed by atoms with Gasteiger partial charge in [0.05, 0.1) is 11.4 Å². The van der Waals surface area contributed by atoms with E-state index in [1.165, 1.54) is 0 Å². The van der Waals surface area contributed by atoms with Gasteiger partial charge in [0, 0.05) is 17.8 Å². The minimum atomic E-state index is -0.0808. The Kier molecular flexibility index (Phi) is 3.92. The number of rotatable bonds is 2. The summed E-state index contributed by atoms with van der Waals surface area (Å²) in [6.07, 6.45) is 1.99. The maximum absolute atomic E-state index is 12.5. The number of hydrogen-bond donors (Lipinski definition) is 2. The summed E-state index contributed by atoms with van der Waals surface area (Å²) in [4.78, 5) is 16.8. The maximum atomic E-state index is 12.5. The molecular weight excluding hydrogens is 330 g/mol. The summed E-state index contributed by atoms with van der Waals surface area (Å²) in [5.74, 6) is -0.0808. The van der Waals surface area contributed by atoms with E-state index in [0.29, 0.717) is 0 Å². The molecule has 0 saturated carbocycles. The van der Waals surface area contributed by atoms with Gasteiger partial charge < -0.3 is 10.6 Å². The number of pyridine rings is 1. The van der Waals surface area contributed by atoms with E-state index in [0.717, 1.165) is 52.2 Å². The number of carbonyl (C=O) groups excluding carboxylic acids is 1. The topological polar surface area (TPSA) is 54.0 Å². The van der Waals surface area contributed by atoms with Crippen molar-refractivity contribution in [2.24, 2.45) is 0 Å². The van der Waals surface area contributed by atoms with Crippen molar-refractivity contribution < 1.29 is 4.79 Å². The van der Waals surface area contributed by atoms with Gasteiger partial charge in [-0.15, -0.1) is 0 Å². The standard InChI is InChI=1S/C16H16BrN3O/c1-10-13(7-8-15(17)19-10)20-16(21)12-4-2-6-14-11(12)5-3-9-18-14/h2,4,6-8,18H,3,5,9H2,1H3,(H,20,21). The lowest BCUT2D eigenvalue weighted by Gasteiger charge is -2.20. The summed E-state index contributed by atoms with van der Waals surface area (Å²) < 4.78 is 0.763. The van der Waals surface area contributed by atoms with Gasteiger partial charge in [-0.05, 0) is 65.5 Å². The molecule has 0 atom stereocenters. The van der Waals surface area contributed by atoms with E-state index in [1.807, 2.05) is 37.3 Å².